The van der Waals surface area contributed by atoms with Crippen molar-refractivity contribution in [3.05, 3.63) is 29.8 Å². The SMILES string of the molecule is NCC1(N2CCc3ccccc32)CCOC1. The molecule has 0 bridgehead atoms. The van der Waals surface area contributed by atoms with Crippen LogP contribution in [0.2, 0.25) is 0 Å². The van der Waals surface area contributed by atoms with E-state index in [1.54, 1.807) is 0 Å². The second kappa shape index (κ2) is 3.75. The summed E-state index contributed by atoms with van der Waals surface area (Å²) >= 11 is 0. The van der Waals surface area contributed by atoms with Crippen LogP contribution in [0, 0.1) is 0 Å². The summed E-state index contributed by atoms with van der Waals surface area (Å²) in [6.07, 6.45) is 2.19. The molecular formula is C13H18N2O. The molecule has 16 heavy (non-hydrogen) atoms. The molecule has 1 aromatic carbocycles. The molecule has 0 radical (unpaired) electrons. The molecule has 2 aliphatic rings. The van der Waals surface area contributed by atoms with Crippen molar-refractivity contribution in [1.29, 1.82) is 0 Å². The Hall–Kier alpha value is -1.06. The van der Waals surface area contributed by atoms with Crippen molar-refractivity contribution >= 4 is 5.69 Å². The molecule has 0 spiro atoms. The molecule has 1 unspecified atom stereocenters. The summed E-state index contributed by atoms with van der Waals surface area (Å²) in [5, 5.41) is 0. The van der Waals surface area contributed by atoms with Gasteiger partial charge in [0.15, 0.2) is 0 Å². The first kappa shape index (κ1) is 10.1. The van der Waals surface area contributed by atoms with E-state index in [2.05, 4.69) is 29.2 Å². The number of benzene rings is 1. The van der Waals surface area contributed by atoms with E-state index in [4.69, 9.17) is 10.5 Å². The lowest BCUT2D eigenvalue weighted by Gasteiger charge is -2.38. The lowest BCUT2D eigenvalue weighted by atomic mass is 9.96. The van der Waals surface area contributed by atoms with Gasteiger partial charge in [0.1, 0.15) is 0 Å². The van der Waals surface area contributed by atoms with Gasteiger partial charge < -0.3 is 15.4 Å². The van der Waals surface area contributed by atoms with Crippen LogP contribution in [0.5, 0.6) is 0 Å². The van der Waals surface area contributed by atoms with Crippen LogP contribution in [0.1, 0.15) is 12.0 Å². The fraction of sp³-hybridized carbons (Fsp3) is 0.538. The van der Waals surface area contributed by atoms with E-state index >= 15 is 0 Å². The van der Waals surface area contributed by atoms with Crippen molar-refractivity contribution in [2.24, 2.45) is 5.73 Å². The van der Waals surface area contributed by atoms with Crippen molar-refractivity contribution in [3.8, 4) is 0 Å². The van der Waals surface area contributed by atoms with Gasteiger partial charge in [0.05, 0.1) is 12.1 Å². The first-order chi connectivity index (χ1) is 7.86. The smallest absolute Gasteiger partial charge is 0.0778 e. The zero-order chi connectivity index (χ0) is 11.0. The maximum atomic E-state index is 5.98. The minimum absolute atomic E-state index is 0.0482. The Labute approximate surface area is 96.2 Å². The van der Waals surface area contributed by atoms with Gasteiger partial charge in [-0.05, 0) is 24.5 Å². The largest absolute Gasteiger partial charge is 0.379 e. The van der Waals surface area contributed by atoms with Gasteiger partial charge >= 0.3 is 0 Å². The number of ether oxygens (including phenoxy) is 1. The van der Waals surface area contributed by atoms with Crippen molar-refractivity contribution < 1.29 is 4.74 Å². The highest BCUT2D eigenvalue weighted by Gasteiger charge is 2.41. The third-order valence-corrected chi connectivity index (χ3v) is 3.92. The fourth-order valence-corrected chi connectivity index (χ4v) is 2.91. The molecule has 1 fully saturated rings. The van der Waals surface area contributed by atoms with Crippen LogP contribution in [0.15, 0.2) is 24.3 Å². The standard InChI is InChI=1S/C13H18N2O/c14-9-13(6-8-16-10-13)15-7-5-11-3-1-2-4-12(11)15/h1-4H,5-10,14H2. The van der Waals surface area contributed by atoms with Gasteiger partial charge in [0.2, 0.25) is 0 Å². The highest BCUT2D eigenvalue weighted by Crippen LogP contribution is 2.36. The predicted molar refractivity (Wildman–Crippen MR) is 64.7 cm³/mol. The highest BCUT2D eigenvalue weighted by molar-refractivity contribution is 5.60. The molecule has 3 heteroatoms. The highest BCUT2D eigenvalue weighted by atomic mass is 16.5. The Bertz CT molecular complexity index is 385. The molecule has 0 aromatic heterocycles. The number of fused-ring (bicyclic) bond motifs is 1. The molecule has 3 rings (SSSR count). The Morgan fingerprint density at radius 3 is 3.00 bits per heavy atom. The van der Waals surface area contributed by atoms with Crippen LogP contribution >= 0.6 is 0 Å². The fourth-order valence-electron chi connectivity index (χ4n) is 2.91. The number of rotatable bonds is 2. The summed E-state index contributed by atoms with van der Waals surface area (Å²) in [5.74, 6) is 0. The lowest BCUT2D eigenvalue weighted by molar-refractivity contribution is 0.177. The maximum Gasteiger partial charge on any atom is 0.0778 e. The Balaban J connectivity index is 1.97. The average Bonchev–Trinajstić information content (AvgIpc) is 2.96. The third kappa shape index (κ3) is 1.35. The molecule has 1 aromatic rings. The molecule has 86 valence electrons. The second-order valence-electron chi connectivity index (χ2n) is 4.76. The Morgan fingerprint density at radius 1 is 1.38 bits per heavy atom. The number of anilines is 1. The van der Waals surface area contributed by atoms with Crippen LogP contribution in [0.3, 0.4) is 0 Å². The lowest BCUT2D eigenvalue weighted by Crippen LogP contribution is -2.54. The third-order valence-electron chi connectivity index (χ3n) is 3.92. The van der Waals surface area contributed by atoms with E-state index in [1.165, 1.54) is 11.3 Å². The van der Waals surface area contributed by atoms with Gasteiger partial charge in [-0.15, -0.1) is 0 Å². The van der Waals surface area contributed by atoms with E-state index in [0.29, 0.717) is 6.54 Å². The summed E-state index contributed by atoms with van der Waals surface area (Å²) in [6.45, 7) is 3.38. The minimum atomic E-state index is 0.0482. The topological polar surface area (TPSA) is 38.5 Å². The van der Waals surface area contributed by atoms with Gasteiger partial charge in [-0.25, -0.2) is 0 Å². The zero-order valence-electron chi connectivity index (χ0n) is 9.48. The molecule has 1 saturated heterocycles. The van der Waals surface area contributed by atoms with Crippen LogP contribution in [-0.2, 0) is 11.2 Å². The van der Waals surface area contributed by atoms with Crippen molar-refractivity contribution in [1.82, 2.24) is 0 Å². The Morgan fingerprint density at radius 2 is 2.25 bits per heavy atom. The van der Waals surface area contributed by atoms with E-state index in [-0.39, 0.29) is 5.54 Å². The summed E-state index contributed by atoms with van der Waals surface area (Å²) in [4.78, 5) is 2.47. The second-order valence-corrected chi connectivity index (χ2v) is 4.76. The Kier molecular flexibility index (Phi) is 2.37. The monoisotopic (exact) mass is 218 g/mol. The van der Waals surface area contributed by atoms with Gasteiger partial charge in [0, 0.05) is 25.4 Å². The van der Waals surface area contributed by atoms with Crippen molar-refractivity contribution in [2.45, 2.75) is 18.4 Å². The molecule has 2 heterocycles. The van der Waals surface area contributed by atoms with E-state index in [0.717, 1.165) is 32.6 Å². The van der Waals surface area contributed by atoms with Crippen molar-refractivity contribution in [3.63, 3.8) is 0 Å². The first-order valence-electron chi connectivity index (χ1n) is 5.99. The number of nitrogens with zero attached hydrogens (tertiary/aromatic N) is 1. The molecular weight excluding hydrogens is 200 g/mol. The van der Waals surface area contributed by atoms with E-state index < -0.39 is 0 Å². The molecule has 2 aliphatic heterocycles. The summed E-state index contributed by atoms with van der Waals surface area (Å²) < 4.78 is 5.56. The number of para-hydroxylation sites is 1. The van der Waals surface area contributed by atoms with E-state index in [9.17, 15) is 0 Å². The molecule has 2 N–H and O–H groups in total. The van der Waals surface area contributed by atoms with Crippen LogP contribution in [0.25, 0.3) is 0 Å². The van der Waals surface area contributed by atoms with Crippen molar-refractivity contribution in [2.75, 3.05) is 31.2 Å². The number of hydrogen-bond acceptors (Lipinski definition) is 3. The van der Waals surface area contributed by atoms with Crippen LogP contribution < -0.4 is 10.6 Å². The average molecular weight is 218 g/mol. The molecule has 0 aliphatic carbocycles. The minimum Gasteiger partial charge on any atom is -0.379 e. The predicted octanol–water partition coefficient (Wildman–Crippen LogP) is 1.17. The number of hydrogen-bond donors (Lipinski definition) is 1. The summed E-state index contributed by atoms with van der Waals surface area (Å²) in [7, 11) is 0. The van der Waals surface area contributed by atoms with Gasteiger partial charge in [-0.2, -0.15) is 0 Å². The molecule has 3 nitrogen and oxygen atoms in total. The first-order valence-corrected chi connectivity index (χ1v) is 5.99. The molecule has 0 saturated carbocycles. The zero-order valence-corrected chi connectivity index (χ0v) is 9.48. The van der Waals surface area contributed by atoms with Gasteiger partial charge in [-0.1, -0.05) is 18.2 Å². The summed E-state index contributed by atoms with van der Waals surface area (Å²) in [5.41, 5.74) is 8.84. The van der Waals surface area contributed by atoms with Gasteiger partial charge in [-0.3, -0.25) is 0 Å². The molecule has 0 amide bonds. The quantitative estimate of drug-likeness (QED) is 0.809. The molecule has 1 atom stereocenters. The van der Waals surface area contributed by atoms with E-state index in [1.807, 2.05) is 0 Å². The number of nitrogens with two attached hydrogens (primary N) is 1. The maximum absolute atomic E-state index is 5.98. The summed E-state index contributed by atoms with van der Waals surface area (Å²) in [6, 6.07) is 8.65. The van der Waals surface area contributed by atoms with Gasteiger partial charge in [0.25, 0.3) is 0 Å². The normalized spacial score (nSPS) is 28.4. The van der Waals surface area contributed by atoms with Crippen LogP contribution in [0.4, 0.5) is 5.69 Å². The van der Waals surface area contributed by atoms with Crippen LogP contribution in [-0.4, -0.2) is 31.8 Å².